The summed E-state index contributed by atoms with van der Waals surface area (Å²) in [5, 5.41) is 2.14. The number of benzene rings is 3. The van der Waals surface area contributed by atoms with Crippen LogP contribution >= 0.6 is 0 Å². The smallest absolute Gasteiger partial charge is 0.331 e. The van der Waals surface area contributed by atoms with Gasteiger partial charge in [0.15, 0.2) is 0 Å². The molecule has 150 valence electrons. The molecule has 0 unspecified atom stereocenters. The number of aryl methyl sites for hydroxylation is 1. The molecular weight excluding hydrogens is 378 g/mol. The predicted molar refractivity (Wildman–Crippen MR) is 116 cm³/mol. The van der Waals surface area contributed by atoms with Crippen LogP contribution in [0.2, 0.25) is 0 Å². The van der Waals surface area contributed by atoms with E-state index in [2.05, 4.69) is 4.98 Å². The second-order valence-corrected chi connectivity index (χ2v) is 6.80. The maximum atomic E-state index is 12.1. The molecule has 1 heterocycles. The molecule has 0 amide bonds. The molecule has 0 saturated heterocycles. The summed E-state index contributed by atoms with van der Waals surface area (Å²) in [6.07, 6.45) is 3.15. The number of hydrogen-bond donors (Lipinski definition) is 0. The Hall–Kier alpha value is -3.86. The zero-order valence-electron chi connectivity index (χ0n) is 16.8. The van der Waals surface area contributed by atoms with Crippen molar-refractivity contribution in [1.29, 1.82) is 0 Å². The summed E-state index contributed by atoms with van der Waals surface area (Å²) in [6.45, 7) is 1.87. The van der Waals surface area contributed by atoms with Crippen LogP contribution in [-0.4, -0.2) is 18.1 Å². The van der Waals surface area contributed by atoms with Crippen molar-refractivity contribution in [3.63, 3.8) is 0 Å². The second kappa shape index (κ2) is 8.66. The highest BCUT2D eigenvalue weighted by Gasteiger charge is 2.12. The molecule has 0 N–H and O–H groups in total. The van der Waals surface area contributed by atoms with Gasteiger partial charge in [-0.15, -0.1) is 0 Å². The molecule has 5 nitrogen and oxygen atoms in total. The number of methoxy groups -OCH3 is 1. The predicted octanol–water partition coefficient (Wildman–Crippen LogP) is 5.57. The van der Waals surface area contributed by atoms with Gasteiger partial charge in [-0.05, 0) is 59.7 Å². The van der Waals surface area contributed by atoms with Gasteiger partial charge in [-0.25, -0.2) is 9.78 Å². The standard InChI is InChI=1S/C25H21NO4/c1-17-23(26-25(30-17)19-6-4-3-5-7-19)16-29-24(27)13-9-18-8-10-21-15-22(28-2)12-11-20(21)14-18/h3-15H,16H2,1-2H3/b13-9+. The molecule has 30 heavy (non-hydrogen) atoms. The van der Waals surface area contributed by atoms with Crippen molar-refractivity contribution in [3.05, 3.63) is 89.8 Å². The number of aromatic nitrogens is 1. The Bertz CT molecular complexity index is 1210. The van der Waals surface area contributed by atoms with Crippen molar-refractivity contribution in [2.24, 2.45) is 0 Å². The first-order chi connectivity index (χ1) is 14.6. The van der Waals surface area contributed by atoms with E-state index in [1.807, 2.05) is 73.7 Å². The van der Waals surface area contributed by atoms with Gasteiger partial charge in [0.2, 0.25) is 5.89 Å². The molecule has 0 bridgehead atoms. The minimum Gasteiger partial charge on any atom is -0.497 e. The molecule has 1 aromatic heterocycles. The van der Waals surface area contributed by atoms with Gasteiger partial charge in [0, 0.05) is 11.6 Å². The summed E-state index contributed by atoms with van der Waals surface area (Å²) < 4.78 is 16.3. The highest BCUT2D eigenvalue weighted by molar-refractivity contribution is 5.90. The van der Waals surface area contributed by atoms with Gasteiger partial charge in [-0.3, -0.25) is 0 Å². The summed E-state index contributed by atoms with van der Waals surface area (Å²) in [6, 6.07) is 21.4. The molecule has 5 heteroatoms. The summed E-state index contributed by atoms with van der Waals surface area (Å²) in [5.74, 6) is 1.53. The maximum absolute atomic E-state index is 12.1. The highest BCUT2D eigenvalue weighted by atomic mass is 16.5. The van der Waals surface area contributed by atoms with Crippen LogP contribution in [-0.2, 0) is 16.1 Å². The molecule has 0 radical (unpaired) electrons. The molecule has 4 rings (SSSR count). The van der Waals surface area contributed by atoms with Crippen molar-refractivity contribution in [2.45, 2.75) is 13.5 Å². The topological polar surface area (TPSA) is 61.6 Å². The van der Waals surface area contributed by atoms with Crippen molar-refractivity contribution < 1.29 is 18.7 Å². The van der Waals surface area contributed by atoms with Crippen LogP contribution in [0.25, 0.3) is 28.3 Å². The van der Waals surface area contributed by atoms with E-state index in [0.717, 1.165) is 27.6 Å². The molecule has 0 aliphatic heterocycles. The lowest BCUT2D eigenvalue weighted by molar-refractivity contribution is -0.139. The Kier molecular flexibility index (Phi) is 5.61. The third-order valence-corrected chi connectivity index (χ3v) is 4.75. The molecule has 0 aliphatic carbocycles. The Balaban J connectivity index is 1.40. The summed E-state index contributed by atoms with van der Waals surface area (Å²) >= 11 is 0. The quantitative estimate of drug-likeness (QED) is 0.313. The lowest BCUT2D eigenvalue weighted by Gasteiger charge is -2.03. The number of nitrogens with zero attached hydrogens (tertiary/aromatic N) is 1. The molecule has 3 aromatic carbocycles. The first-order valence-corrected chi connectivity index (χ1v) is 9.57. The zero-order valence-corrected chi connectivity index (χ0v) is 16.8. The van der Waals surface area contributed by atoms with Gasteiger partial charge in [-0.2, -0.15) is 0 Å². The molecule has 0 fully saturated rings. The van der Waals surface area contributed by atoms with E-state index in [-0.39, 0.29) is 6.61 Å². The van der Waals surface area contributed by atoms with E-state index in [0.29, 0.717) is 17.3 Å². The van der Waals surface area contributed by atoms with Crippen LogP contribution in [0.15, 0.2) is 77.2 Å². The SMILES string of the molecule is COc1ccc2cc(/C=C/C(=O)OCc3nc(-c4ccccc4)oc3C)ccc2c1. The molecule has 4 aromatic rings. The van der Waals surface area contributed by atoms with E-state index in [9.17, 15) is 4.79 Å². The van der Waals surface area contributed by atoms with E-state index in [1.165, 1.54) is 6.08 Å². The number of carbonyl (C=O) groups is 1. The zero-order chi connectivity index (χ0) is 20.9. The molecular formula is C25H21NO4. The average Bonchev–Trinajstić information content (AvgIpc) is 3.16. The average molecular weight is 399 g/mol. The van der Waals surface area contributed by atoms with Crippen LogP contribution in [0, 0.1) is 6.92 Å². The van der Waals surface area contributed by atoms with Crippen molar-refractivity contribution in [1.82, 2.24) is 4.98 Å². The lowest BCUT2D eigenvalue weighted by atomic mass is 10.1. The molecule has 0 atom stereocenters. The number of oxazole rings is 1. The number of hydrogen-bond acceptors (Lipinski definition) is 5. The van der Waals surface area contributed by atoms with Crippen molar-refractivity contribution in [2.75, 3.05) is 7.11 Å². The van der Waals surface area contributed by atoms with Crippen molar-refractivity contribution in [3.8, 4) is 17.2 Å². The van der Waals surface area contributed by atoms with Crippen LogP contribution in [0.1, 0.15) is 17.0 Å². The van der Waals surface area contributed by atoms with Gasteiger partial charge in [-0.1, -0.05) is 36.4 Å². The summed E-state index contributed by atoms with van der Waals surface area (Å²) in [7, 11) is 1.65. The first kappa shape index (κ1) is 19.5. The van der Waals surface area contributed by atoms with Gasteiger partial charge in [0.1, 0.15) is 23.8 Å². The Morgan fingerprint density at radius 3 is 2.60 bits per heavy atom. The number of ether oxygens (including phenoxy) is 2. The van der Waals surface area contributed by atoms with Crippen LogP contribution in [0.4, 0.5) is 0 Å². The van der Waals surface area contributed by atoms with Crippen LogP contribution < -0.4 is 4.74 Å². The van der Waals surface area contributed by atoms with Crippen LogP contribution in [0.5, 0.6) is 5.75 Å². The highest BCUT2D eigenvalue weighted by Crippen LogP contribution is 2.23. The Morgan fingerprint density at radius 1 is 1.03 bits per heavy atom. The van der Waals surface area contributed by atoms with E-state index in [4.69, 9.17) is 13.9 Å². The normalized spacial score (nSPS) is 11.1. The Morgan fingerprint density at radius 2 is 1.80 bits per heavy atom. The maximum Gasteiger partial charge on any atom is 0.331 e. The largest absolute Gasteiger partial charge is 0.497 e. The molecule has 0 aliphatic rings. The van der Waals surface area contributed by atoms with E-state index in [1.54, 1.807) is 13.2 Å². The van der Waals surface area contributed by atoms with Gasteiger partial charge >= 0.3 is 5.97 Å². The van der Waals surface area contributed by atoms with E-state index < -0.39 is 5.97 Å². The van der Waals surface area contributed by atoms with Gasteiger partial charge < -0.3 is 13.9 Å². The summed E-state index contributed by atoms with van der Waals surface area (Å²) in [4.78, 5) is 16.6. The third-order valence-electron chi connectivity index (χ3n) is 4.75. The monoisotopic (exact) mass is 399 g/mol. The number of carbonyl (C=O) groups excluding carboxylic acids is 1. The number of rotatable bonds is 6. The third kappa shape index (κ3) is 4.41. The fourth-order valence-electron chi connectivity index (χ4n) is 3.09. The minimum absolute atomic E-state index is 0.0584. The number of fused-ring (bicyclic) bond motifs is 1. The van der Waals surface area contributed by atoms with Gasteiger partial charge in [0.25, 0.3) is 0 Å². The van der Waals surface area contributed by atoms with E-state index >= 15 is 0 Å². The fourth-order valence-corrected chi connectivity index (χ4v) is 3.09. The Labute approximate surface area is 174 Å². The minimum atomic E-state index is -0.437. The molecule has 0 spiro atoms. The first-order valence-electron chi connectivity index (χ1n) is 9.57. The van der Waals surface area contributed by atoms with Crippen LogP contribution in [0.3, 0.4) is 0 Å². The van der Waals surface area contributed by atoms with Gasteiger partial charge in [0.05, 0.1) is 7.11 Å². The summed E-state index contributed by atoms with van der Waals surface area (Å²) in [5.41, 5.74) is 2.40. The fraction of sp³-hybridized carbons (Fsp3) is 0.120. The van der Waals surface area contributed by atoms with Crippen molar-refractivity contribution >= 4 is 22.8 Å². The lowest BCUT2D eigenvalue weighted by Crippen LogP contribution is -2.02. The molecule has 0 saturated carbocycles. The second-order valence-electron chi connectivity index (χ2n) is 6.80. The number of esters is 1.